The zero-order valence-corrected chi connectivity index (χ0v) is 37.4. The van der Waals surface area contributed by atoms with E-state index in [1.165, 1.54) is 84.1 Å². The van der Waals surface area contributed by atoms with Gasteiger partial charge < -0.3 is 4.57 Å². The molecular weight excluding hydrogens is 853 g/mol. The molecule has 4 heterocycles. The van der Waals surface area contributed by atoms with Gasteiger partial charge in [0.15, 0.2) is 17.5 Å². The van der Waals surface area contributed by atoms with E-state index in [-0.39, 0.29) is 0 Å². The first-order valence-corrected chi connectivity index (χ1v) is 24.2. The summed E-state index contributed by atoms with van der Waals surface area (Å²) in [6.07, 6.45) is 0. The number of hydrogen-bond donors (Lipinski definition) is 0. The summed E-state index contributed by atoms with van der Waals surface area (Å²) in [5, 5.41) is 16.9. The second-order valence-electron chi connectivity index (χ2n) is 17.5. The van der Waals surface area contributed by atoms with E-state index in [2.05, 4.69) is 211 Å². The molecule has 0 radical (unpaired) electrons. The molecule has 0 spiro atoms. The van der Waals surface area contributed by atoms with Crippen molar-refractivity contribution >= 4 is 128 Å². The molecule has 0 aliphatic heterocycles. The van der Waals surface area contributed by atoms with Gasteiger partial charge in [0.25, 0.3) is 0 Å². The Labute approximate surface area is 391 Å². The first kappa shape index (κ1) is 37.0. The Morgan fingerprint density at radius 1 is 0.328 bits per heavy atom. The fourth-order valence-electron chi connectivity index (χ4n) is 10.6. The predicted octanol–water partition coefficient (Wildman–Crippen LogP) is 17.3. The van der Waals surface area contributed by atoms with E-state index < -0.39 is 0 Å². The molecule has 0 saturated carbocycles. The second kappa shape index (κ2) is 14.1. The van der Waals surface area contributed by atoms with Crippen molar-refractivity contribution in [1.82, 2.24) is 19.5 Å². The summed E-state index contributed by atoms with van der Waals surface area (Å²) in [5.74, 6) is 1.93. The van der Waals surface area contributed by atoms with Crippen LogP contribution in [0, 0.1) is 0 Å². The predicted molar refractivity (Wildman–Crippen MR) is 286 cm³/mol. The Kier molecular flexibility index (Phi) is 7.79. The average molecular weight is 887 g/mol. The standard InChI is InChI=1S/C61H34N4S2/c1-2-14-37-30-42(25-24-35(37)12-1)59-62-60(47-22-11-21-45-44-20-9-10-23-53(44)66-57(45)47)64-61(63-59)56-50(28-27-46-55-43-19-8-7-13-36(43)26-29-54(55)67-58(46)56)65-51-33-40-17-5-3-15-38(40)31-48(51)49-32-39-16-4-6-18-41(39)34-52(49)65/h1-34H. The maximum absolute atomic E-state index is 5.67. The number of hydrogen-bond acceptors (Lipinski definition) is 5. The molecule has 0 amide bonds. The van der Waals surface area contributed by atoms with Crippen LogP contribution in [-0.4, -0.2) is 19.5 Å². The molecule has 15 aromatic rings. The summed E-state index contributed by atoms with van der Waals surface area (Å²) in [6.45, 7) is 0. The van der Waals surface area contributed by atoms with Crippen molar-refractivity contribution in [3.05, 3.63) is 206 Å². The van der Waals surface area contributed by atoms with Crippen LogP contribution in [0.5, 0.6) is 0 Å². The van der Waals surface area contributed by atoms with Gasteiger partial charge in [0.2, 0.25) is 0 Å². The number of aromatic nitrogens is 4. The minimum absolute atomic E-state index is 0.637. The summed E-state index contributed by atoms with van der Waals surface area (Å²) >= 11 is 3.62. The van der Waals surface area contributed by atoms with Crippen molar-refractivity contribution in [1.29, 1.82) is 0 Å². The van der Waals surface area contributed by atoms with E-state index in [0.29, 0.717) is 17.5 Å². The molecule has 11 aromatic carbocycles. The minimum Gasteiger partial charge on any atom is -0.308 e. The summed E-state index contributed by atoms with van der Waals surface area (Å²) in [6, 6.07) is 75.0. The molecule has 67 heavy (non-hydrogen) atoms. The topological polar surface area (TPSA) is 43.6 Å². The lowest BCUT2D eigenvalue weighted by molar-refractivity contribution is 1.07. The van der Waals surface area contributed by atoms with Gasteiger partial charge in [-0.1, -0.05) is 152 Å². The van der Waals surface area contributed by atoms with Gasteiger partial charge in [-0.05, 0) is 97.7 Å². The van der Waals surface area contributed by atoms with E-state index in [0.717, 1.165) is 43.5 Å². The average Bonchev–Trinajstić information content (AvgIpc) is 4.06. The normalized spacial score (nSPS) is 12.2. The van der Waals surface area contributed by atoms with Crippen LogP contribution < -0.4 is 0 Å². The van der Waals surface area contributed by atoms with Crippen LogP contribution in [0.2, 0.25) is 0 Å². The lowest BCUT2D eigenvalue weighted by Crippen LogP contribution is -2.04. The van der Waals surface area contributed by atoms with Gasteiger partial charge in [0.1, 0.15) is 0 Å². The van der Waals surface area contributed by atoms with E-state index in [9.17, 15) is 0 Å². The monoisotopic (exact) mass is 886 g/mol. The highest BCUT2D eigenvalue weighted by Crippen LogP contribution is 2.48. The fourth-order valence-corrected chi connectivity index (χ4v) is 13.1. The molecule has 310 valence electrons. The maximum Gasteiger partial charge on any atom is 0.167 e. The first-order valence-electron chi connectivity index (χ1n) is 22.6. The van der Waals surface area contributed by atoms with Gasteiger partial charge in [0.05, 0.1) is 22.3 Å². The van der Waals surface area contributed by atoms with Crippen molar-refractivity contribution in [3.8, 4) is 39.9 Å². The molecule has 4 aromatic heterocycles. The second-order valence-corrected chi connectivity index (χ2v) is 19.6. The highest BCUT2D eigenvalue weighted by atomic mass is 32.1. The zero-order valence-electron chi connectivity index (χ0n) is 35.7. The van der Waals surface area contributed by atoms with Gasteiger partial charge >= 0.3 is 0 Å². The number of rotatable bonds is 4. The van der Waals surface area contributed by atoms with Crippen molar-refractivity contribution < 1.29 is 0 Å². The van der Waals surface area contributed by atoms with E-state index in [1.807, 2.05) is 11.3 Å². The molecule has 6 heteroatoms. The maximum atomic E-state index is 5.67. The smallest absolute Gasteiger partial charge is 0.167 e. The molecule has 0 N–H and O–H groups in total. The van der Waals surface area contributed by atoms with Crippen LogP contribution in [0.3, 0.4) is 0 Å². The Hall–Kier alpha value is -8.29. The van der Waals surface area contributed by atoms with Gasteiger partial charge in [-0.15, -0.1) is 22.7 Å². The lowest BCUT2D eigenvalue weighted by atomic mass is 10.0. The Balaban J connectivity index is 1.11. The van der Waals surface area contributed by atoms with Crippen LogP contribution in [0.1, 0.15) is 0 Å². The Morgan fingerprint density at radius 3 is 1.64 bits per heavy atom. The van der Waals surface area contributed by atoms with Crippen molar-refractivity contribution in [2.45, 2.75) is 0 Å². The SMILES string of the molecule is c1ccc2cc(-c3nc(-c4cccc5c4sc4ccccc45)nc(-c4c(-n5c6cc7ccccc7cc6c6cc7ccccc7cc65)ccc5c4sc4ccc6ccccc6c45)n3)ccc2c1. The van der Waals surface area contributed by atoms with Crippen molar-refractivity contribution in [2.24, 2.45) is 0 Å². The van der Waals surface area contributed by atoms with Crippen LogP contribution in [0.25, 0.3) is 145 Å². The number of thiophene rings is 2. The minimum atomic E-state index is 0.637. The molecule has 0 unspecified atom stereocenters. The van der Waals surface area contributed by atoms with Crippen LogP contribution in [0.15, 0.2) is 206 Å². The molecule has 0 bridgehead atoms. The Bertz CT molecular complexity index is 4500. The molecule has 4 nitrogen and oxygen atoms in total. The van der Waals surface area contributed by atoms with Crippen LogP contribution in [-0.2, 0) is 0 Å². The lowest BCUT2D eigenvalue weighted by Gasteiger charge is -2.16. The van der Waals surface area contributed by atoms with Crippen molar-refractivity contribution in [2.75, 3.05) is 0 Å². The molecule has 15 rings (SSSR count). The van der Waals surface area contributed by atoms with E-state index >= 15 is 0 Å². The summed E-state index contributed by atoms with van der Waals surface area (Å²) in [7, 11) is 0. The highest BCUT2D eigenvalue weighted by Gasteiger charge is 2.25. The molecule has 0 saturated heterocycles. The van der Waals surface area contributed by atoms with Gasteiger partial charge in [0, 0.05) is 62.2 Å². The Morgan fingerprint density at radius 2 is 0.896 bits per heavy atom. The highest BCUT2D eigenvalue weighted by molar-refractivity contribution is 7.27. The molecular formula is C61H34N4S2. The van der Waals surface area contributed by atoms with E-state index in [4.69, 9.17) is 15.0 Å². The third-order valence-corrected chi connectivity index (χ3v) is 16.2. The molecule has 0 aliphatic rings. The largest absolute Gasteiger partial charge is 0.308 e. The molecule has 0 atom stereocenters. The third kappa shape index (κ3) is 5.55. The number of fused-ring (bicyclic) bond motifs is 14. The first-order chi connectivity index (χ1) is 33.2. The van der Waals surface area contributed by atoms with Gasteiger partial charge in [-0.2, -0.15) is 0 Å². The van der Waals surface area contributed by atoms with Crippen LogP contribution in [0.4, 0.5) is 0 Å². The quantitative estimate of drug-likeness (QED) is 0.177. The third-order valence-electron chi connectivity index (χ3n) is 13.8. The molecule has 0 fully saturated rings. The number of nitrogens with zero attached hydrogens (tertiary/aromatic N) is 4. The summed E-state index contributed by atoms with van der Waals surface area (Å²) < 4.78 is 7.25. The summed E-state index contributed by atoms with van der Waals surface area (Å²) in [5.41, 5.74) is 6.21. The van der Waals surface area contributed by atoms with Gasteiger partial charge in [-0.25, -0.2) is 15.0 Å². The molecule has 0 aliphatic carbocycles. The summed E-state index contributed by atoms with van der Waals surface area (Å²) in [4.78, 5) is 16.7. The van der Waals surface area contributed by atoms with Crippen molar-refractivity contribution in [3.63, 3.8) is 0 Å². The zero-order chi connectivity index (χ0) is 43.7. The van der Waals surface area contributed by atoms with Crippen LogP contribution >= 0.6 is 22.7 Å². The fraction of sp³-hybridized carbons (Fsp3) is 0. The van der Waals surface area contributed by atoms with E-state index in [1.54, 1.807) is 11.3 Å². The van der Waals surface area contributed by atoms with Gasteiger partial charge in [-0.3, -0.25) is 0 Å². The number of benzene rings is 11.